The molecule has 0 saturated carbocycles. The Hall–Kier alpha value is -1.46. The number of hydrogen-bond acceptors (Lipinski definition) is 6. The number of morpholine rings is 1. The number of nitrogens with zero attached hydrogens (tertiary/aromatic N) is 3. The third-order valence-corrected chi connectivity index (χ3v) is 6.34. The van der Waals surface area contributed by atoms with Gasteiger partial charge in [0.2, 0.25) is 5.43 Å². The Kier molecular flexibility index (Phi) is 5.21. The van der Waals surface area contributed by atoms with Gasteiger partial charge in [-0.3, -0.25) is 9.69 Å². The number of hydrogen-bond donors (Lipinski definition) is 2. The van der Waals surface area contributed by atoms with Crippen LogP contribution in [0.2, 0.25) is 0 Å². The van der Waals surface area contributed by atoms with E-state index in [1.54, 1.807) is 0 Å². The van der Waals surface area contributed by atoms with Crippen LogP contribution in [0.4, 0.5) is 0 Å². The summed E-state index contributed by atoms with van der Waals surface area (Å²) in [6.45, 7) is 4.21. The molecule has 134 valence electrons. The zero-order valence-corrected chi connectivity index (χ0v) is 14.2. The first kappa shape index (κ1) is 17.4. The molecule has 3 heterocycles. The van der Waals surface area contributed by atoms with Gasteiger partial charge in [-0.1, -0.05) is 0 Å². The summed E-state index contributed by atoms with van der Waals surface area (Å²) in [5, 5.41) is 9.25. The molecule has 0 amide bonds. The molecule has 0 radical (unpaired) electrons. The van der Waals surface area contributed by atoms with Crippen molar-refractivity contribution >= 4 is 10.2 Å². The average molecular weight is 358 g/mol. The number of aromatic nitrogens is 1. The van der Waals surface area contributed by atoms with Crippen molar-refractivity contribution in [3.63, 3.8) is 0 Å². The van der Waals surface area contributed by atoms with E-state index in [0.29, 0.717) is 64.7 Å². The van der Waals surface area contributed by atoms with E-state index in [1.807, 2.05) is 0 Å². The smallest absolute Gasteiger partial charge is 0.282 e. The van der Waals surface area contributed by atoms with Crippen molar-refractivity contribution in [1.29, 1.82) is 0 Å². The SMILES string of the molecule is O=c1cc(CN2CCN(S(=O)(=O)N3CCOCC3)CC2)[nH]cc1O. The van der Waals surface area contributed by atoms with Gasteiger partial charge in [0.25, 0.3) is 10.2 Å². The van der Waals surface area contributed by atoms with Crippen LogP contribution >= 0.6 is 0 Å². The Morgan fingerprint density at radius 2 is 1.71 bits per heavy atom. The van der Waals surface area contributed by atoms with Crippen LogP contribution in [0.1, 0.15) is 5.69 Å². The zero-order chi connectivity index (χ0) is 17.2. The molecule has 3 rings (SSSR count). The molecule has 0 aliphatic carbocycles. The molecule has 0 spiro atoms. The highest BCUT2D eigenvalue weighted by molar-refractivity contribution is 7.86. The van der Waals surface area contributed by atoms with Crippen LogP contribution in [0.3, 0.4) is 0 Å². The molecular formula is C14H22N4O5S. The minimum absolute atomic E-state index is 0.305. The number of rotatable bonds is 4. The Balaban J connectivity index is 1.57. The maximum Gasteiger partial charge on any atom is 0.282 e. The minimum Gasteiger partial charge on any atom is -0.503 e. The fourth-order valence-electron chi connectivity index (χ4n) is 2.90. The number of piperazine rings is 1. The number of pyridine rings is 1. The van der Waals surface area contributed by atoms with E-state index in [0.717, 1.165) is 0 Å². The van der Waals surface area contributed by atoms with E-state index < -0.39 is 15.6 Å². The van der Waals surface area contributed by atoms with Crippen molar-refractivity contribution in [2.24, 2.45) is 0 Å². The quantitative estimate of drug-likeness (QED) is 0.699. The summed E-state index contributed by atoms with van der Waals surface area (Å²) in [7, 11) is -3.42. The van der Waals surface area contributed by atoms with Gasteiger partial charge in [-0.2, -0.15) is 17.0 Å². The van der Waals surface area contributed by atoms with Gasteiger partial charge < -0.3 is 14.8 Å². The number of ether oxygens (including phenoxy) is 1. The van der Waals surface area contributed by atoms with Crippen molar-refractivity contribution in [1.82, 2.24) is 18.5 Å². The third kappa shape index (κ3) is 3.78. The van der Waals surface area contributed by atoms with E-state index >= 15 is 0 Å². The van der Waals surface area contributed by atoms with Gasteiger partial charge in [-0.05, 0) is 0 Å². The molecule has 0 unspecified atom stereocenters. The first-order valence-corrected chi connectivity index (χ1v) is 9.32. The fraction of sp³-hybridized carbons (Fsp3) is 0.643. The molecular weight excluding hydrogens is 336 g/mol. The third-order valence-electron chi connectivity index (χ3n) is 4.30. The second kappa shape index (κ2) is 7.19. The summed E-state index contributed by atoms with van der Waals surface area (Å²) in [4.78, 5) is 16.4. The predicted octanol–water partition coefficient (Wildman–Crippen LogP) is -1.22. The molecule has 2 aliphatic rings. The monoisotopic (exact) mass is 358 g/mol. The van der Waals surface area contributed by atoms with Crippen LogP contribution in [-0.2, 0) is 21.5 Å². The summed E-state index contributed by atoms with van der Waals surface area (Å²) in [5.74, 6) is -0.305. The second-order valence-corrected chi connectivity index (χ2v) is 7.83. The lowest BCUT2D eigenvalue weighted by atomic mass is 10.3. The van der Waals surface area contributed by atoms with Crippen molar-refractivity contribution < 1.29 is 18.3 Å². The molecule has 2 N–H and O–H groups in total. The fourth-order valence-corrected chi connectivity index (χ4v) is 4.46. The van der Waals surface area contributed by atoms with Crippen LogP contribution in [0.25, 0.3) is 0 Å². The topological polar surface area (TPSA) is 106 Å². The largest absolute Gasteiger partial charge is 0.503 e. The maximum atomic E-state index is 12.6. The summed E-state index contributed by atoms with van der Waals surface area (Å²) in [6.07, 6.45) is 1.27. The predicted molar refractivity (Wildman–Crippen MR) is 86.9 cm³/mol. The van der Waals surface area contributed by atoms with Gasteiger partial charge in [-0.15, -0.1) is 0 Å². The highest BCUT2D eigenvalue weighted by Crippen LogP contribution is 2.15. The molecule has 0 bridgehead atoms. The van der Waals surface area contributed by atoms with Gasteiger partial charge in [0.1, 0.15) is 0 Å². The lowest BCUT2D eigenvalue weighted by molar-refractivity contribution is 0.0683. The molecule has 1 aromatic rings. The van der Waals surface area contributed by atoms with Gasteiger partial charge in [0.05, 0.1) is 13.2 Å². The highest BCUT2D eigenvalue weighted by Gasteiger charge is 2.33. The molecule has 9 nitrogen and oxygen atoms in total. The van der Waals surface area contributed by atoms with Crippen LogP contribution in [0.5, 0.6) is 5.75 Å². The Morgan fingerprint density at radius 1 is 1.08 bits per heavy atom. The molecule has 24 heavy (non-hydrogen) atoms. The lowest BCUT2D eigenvalue weighted by Crippen LogP contribution is -2.54. The Morgan fingerprint density at radius 3 is 2.33 bits per heavy atom. The zero-order valence-electron chi connectivity index (χ0n) is 13.3. The van der Waals surface area contributed by atoms with Crippen LogP contribution in [-0.4, -0.2) is 84.5 Å². The van der Waals surface area contributed by atoms with Gasteiger partial charge in [0, 0.05) is 63.8 Å². The van der Waals surface area contributed by atoms with Crippen LogP contribution in [0.15, 0.2) is 17.1 Å². The molecule has 2 saturated heterocycles. The van der Waals surface area contributed by atoms with E-state index in [1.165, 1.54) is 20.9 Å². The second-order valence-electron chi connectivity index (χ2n) is 5.90. The number of aromatic hydroxyl groups is 1. The Labute approximate surface area is 140 Å². The molecule has 0 atom stereocenters. The average Bonchev–Trinajstić information content (AvgIpc) is 2.59. The normalized spacial score (nSPS) is 21.8. The van der Waals surface area contributed by atoms with Crippen molar-refractivity contribution in [2.45, 2.75) is 6.54 Å². The summed E-state index contributed by atoms with van der Waals surface area (Å²) < 4.78 is 33.4. The summed E-state index contributed by atoms with van der Waals surface area (Å²) >= 11 is 0. The molecule has 0 aromatic carbocycles. The van der Waals surface area contributed by atoms with E-state index in [9.17, 15) is 18.3 Å². The summed E-state index contributed by atoms with van der Waals surface area (Å²) in [5.41, 5.74) is 0.277. The molecule has 2 fully saturated rings. The van der Waals surface area contributed by atoms with Crippen LogP contribution in [0, 0.1) is 0 Å². The van der Waals surface area contributed by atoms with Gasteiger partial charge in [-0.25, -0.2) is 0 Å². The number of H-pyrrole nitrogens is 1. The van der Waals surface area contributed by atoms with Crippen molar-refractivity contribution in [3.05, 3.63) is 28.2 Å². The van der Waals surface area contributed by atoms with E-state index in [2.05, 4.69) is 9.88 Å². The van der Waals surface area contributed by atoms with Crippen molar-refractivity contribution in [3.8, 4) is 5.75 Å². The van der Waals surface area contributed by atoms with E-state index in [-0.39, 0.29) is 5.75 Å². The highest BCUT2D eigenvalue weighted by atomic mass is 32.2. The standard InChI is InChI=1S/C14H22N4O5S/c19-13-9-12(15-10-14(13)20)11-16-1-3-17(4-2-16)24(21,22)18-5-7-23-8-6-18/h9-10,20H,1-8,11H2,(H,15,19). The minimum atomic E-state index is -3.42. The summed E-state index contributed by atoms with van der Waals surface area (Å²) in [6, 6.07) is 1.37. The lowest BCUT2D eigenvalue weighted by Gasteiger charge is -2.37. The van der Waals surface area contributed by atoms with Crippen LogP contribution < -0.4 is 5.43 Å². The molecule has 10 heteroatoms. The Bertz CT molecular complexity index is 721. The van der Waals surface area contributed by atoms with Gasteiger partial charge >= 0.3 is 0 Å². The van der Waals surface area contributed by atoms with Gasteiger partial charge in [0.15, 0.2) is 5.75 Å². The molecule has 2 aliphatic heterocycles. The molecule has 1 aromatic heterocycles. The first-order chi connectivity index (χ1) is 11.5. The number of nitrogens with one attached hydrogen (secondary N) is 1. The van der Waals surface area contributed by atoms with Crippen molar-refractivity contribution in [2.75, 3.05) is 52.5 Å². The number of aromatic amines is 1. The first-order valence-electron chi connectivity index (χ1n) is 7.93. The maximum absolute atomic E-state index is 12.6. The van der Waals surface area contributed by atoms with E-state index in [4.69, 9.17) is 4.74 Å².